The molecule has 0 radical (unpaired) electrons. The van der Waals surface area contributed by atoms with E-state index in [4.69, 9.17) is 14.0 Å². The molecule has 10 atom stereocenters. The van der Waals surface area contributed by atoms with Gasteiger partial charge in [0.1, 0.15) is 12.6 Å². The third-order valence-corrected chi connectivity index (χ3v) is 15.9. The minimum Gasteiger partial charge on any atom is -0.481 e. The van der Waals surface area contributed by atoms with Gasteiger partial charge >= 0.3 is 13.8 Å². The van der Waals surface area contributed by atoms with Crippen molar-refractivity contribution in [1.82, 2.24) is 10.6 Å². The summed E-state index contributed by atoms with van der Waals surface area (Å²) < 4.78 is 30.2. The van der Waals surface area contributed by atoms with Gasteiger partial charge in [-0.3, -0.25) is 33.3 Å². The first kappa shape index (κ1) is 47.1. The number of fused-ring (bicyclic) bond motifs is 7. The highest BCUT2D eigenvalue weighted by atomic mass is 79.9. The topological polar surface area (TPSA) is 264 Å². The second kappa shape index (κ2) is 18.2. The van der Waals surface area contributed by atoms with Crippen LogP contribution in [0.4, 0.5) is 5.69 Å². The molecule has 340 valence electrons. The van der Waals surface area contributed by atoms with E-state index in [1.54, 1.807) is 36.4 Å². The van der Waals surface area contributed by atoms with Crippen LogP contribution in [0.5, 0.6) is 0 Å². The van der Waals surface area contributed by atoms with Gasteiger partial charge < -0.3 is 45.4 Å². The average molecular weight is 977 g/mol. The predicted molar refractivity (Wildman–Crippen MR) is 230 cm³/mol. The van der Waals surface area contributed by atoms with Crippen LogP contribution in [-0.4, -0.2) is 97.6 Å². The first-order valence-corrected chi connectivity index (χ1v) is 24.2. The summed E-state index contributed by atoms with van der Waals surface area (Å²) in [5.74, 6) is -4.09. The fraction of sp³-hybridized carbons (Fsp3) is 0.535. The Morgan fingerprint density at radius 3 is 2.52 bits per heavy atom. The summed E-state index contributed by atoms with van der Waals surface area (Å²) in [6.45, 7) is 4.54. The summed E-state index contributed by atoms with van der Waals surface area (Å²) in [6.07, 6.45) is 4.21. The number of carbonyl (C=O) groups excluding carboxylic acids is 5. The number of carboxylic acids is 1. The van der Waals surface area contributed by atoms with Gasteiger partial charge in [-0.1, -0.05) is 53.6 Å². The molecule has 4 aliphatic carbocycles. The molecule has 3 amide bonds. The number of alkyl halides is 1. The zero-order valence-electron chi connectivity index (χ0n) is 34.8. The molecule has 1 saturated heterocycles. The number of carboxylic acid groups (broad SMARTS) is 1. The molecule has 20 heteroatoms. The van der Waals surface area contributed by atoms with Crippen LogP contribution in [0.2, 0.25) is 0 Å². The number of phosphoric acid groups is 1. The molecule has 7 rings (SSSR count). The predicted octanol–water partition coefficient (Wildman–Crippen LogP) is 4.17. The van der Waals surface area contributed by atoms with Gasteiger partial charge in [0.2, 0.25) is 17.7 Å². The van der Waals surface area contributed by atoms with Crippen LogP contribution in [0.25, 0.3) is 0 Å². The summed E-state index contributed by atoms with van der Waals surface area (Å²) in [7, 11) is -5.04. The van der Waals surface area contributed by atoms with Crippen molar-refractivity contribution >= 4 is 76.0 Å². The molecule has 0 spiro atoms. The quantitative estimate of drug-likeness (QED) is 0.0921. The number of nitrogens with one attached hydrogen (secondary N) is 3. The van der Waals surface area contributed by atoms with Crippen LogP contribution in [0.3, 0.4) is 0 Å². The Morgan fingerprint density at radius 2 is 1.84 bits per heavy atom. The molecule has 0 unspecified atom stereocenters. The second-order valence-corrected chi connectivity index (χ2v) is 20.5. The summed E-state index contributed by atoms with van der Waals surface area (Å²) in [5.41, 5.74) is -0.167. The van der Waals surface area contributed by atoms with E-state index in [1.807, 2.05) is 32.9 Å². The van der Waals surface area contributed by atoms with Crippen molar-refractivity contribution in [2.45, 2.75) is 95.9 Å². The van der Waals surface area contributed by atoms with Crippen molar-refractivity contribution in [3.63, 3.8) is 0 Å². The van der Waals surface area contributed by atoms with E-state index in [9.17, 15) is 53.3 Å². The first-order chi connectivity index (χ1) is 29.7. The van der Waals surface area contributed by atoms with Gasteiger partial charge in [0.15, 0.2) is 23.5 Å². The Balaban J connectivity index is 1.07. The van der Waals surface area contributed by atoms with Crippen LogP contribution >= 0.6 is 35.1 Å². The normalized spacial score (nSPS) is 31.2. The van der Waals surface area contributed by atoms with E-state index in [0.717, 1.165) is 21.6 Å². The molecular formula is C43H51BrN3O14PS. The maximum Gasteiger partial charge on any atom is 0.470 e. The number of benzene rings is 1. The van der Waals surface area contributed by atoms with Crippen molar-refractivity contribution in [3.05, 3.63) is 75.0 Å². The number of ether oxygens (including phenoxy) is 2. The molecule has 17 nitrogen and oxygen atoms in total. The SMILES string of the molecule is Cc1cc(Cc2ccc(NC(=O)[C@H](CCC(=O)O)NC(=O)CNC(=O)CBr)cc2)sc1[C@@H]1O[C@@H]2C[C@H]3[C@@H]4CCC5=CC(=O)C=C[C@]5(C)[C@H]4[C@@H](O)C[C@]3(C)[C@]2(C(=O)COP(=O)(O)O)O1. The highest BCUT2D eigenvalue weighted by Crippen LogP contribution is 2.71. The van der Waals surface area contributed by atoms with E-state index in [0.29, 0.717) is 36.2 Å². The minimum absolute atomic E-state index is 0.0154. The van der Waals surface area contributed by atoms with Crippen molar-refractivity contribution < 1.29 is 67.3 Å². The Kier molecular flexibility index (Phi) is 13.6. The largest absolute Gasteiger partial charge is 0.481 e. The molecule has 2 heterocycles. The average Bonchev–Trinajstić information content (AvgIpc) is 3.86. The number of rotatable bonds is 16. The minimum atomic E-state index is -5.04. The number of aliphatic hydroxyl groups excluding tert-OH is 1. The molecule has 7 N–H and O–H groups in total. The number of amides is 3. The number of thiophene rings is 1. The fourth-order valence-electron chi connectivity index (χ4n) is 11.0. The third kappa shape index (κ3) is 9.31. The molecule has 2 aromatic rings. The second-order valence-electron chi connectivity index (χ2n) is 17.5. The number of ketones is 2. The number of Topliss-reactive ketones (excluding diaryl/α,β-unsaturated/α-hetero) is 1. The first-order valence-electron chi connectivity index (χ1n) is 20.7. The molecule has 1 aromatic heterocycles. The number of hydrogen-bond acceptors (Lipinski definition) is 12. The Hall–Kier alpha value is -3.91. The number of aliphatic carboxylic acids is 1. The van der Waals surface area contributed by atoms with Crippen LogP contribution in [-0.2, 0) is 53.8 Å². The van der Waals surface area contributed by atoms with Crippen molar-refractivity contribution in [3.8, 4) is 0 Å². The van der Waals surface area contributed by atoms with Gasteiger partial charge in [-0.25, -0.2) is 4.57 Å². The lowest BCUT2D eigenvalue weighted by molar-refractivity contribution is -0.200. The summed E-state index contributed by atoms with van der Waals surface area (Å²) in [4.78, 5) is 95.9. The van der Waals surface area contributed by atoms with Crippen LogP contribution in [0.15, 0.2) is 54.1 Å². The van der Waals surface area contributed by atoms with Gasteiger partial charge in [-0.2, -0.15) is 0 Å². The lowest BCUT2D eigenvalue weighted by atomic mass is 9.46. The van der Waals surface area contributed by atoms with Gasteiger partial charge in [0.25, 0.3) is 0 Å². The summed E-state index contributed by atoms with van der Waals surface area (Å²) in [6, 6.07) is 7.77. The van der Waals surface area contributed by atoms with E-state index < -0.39 is 84.9 Å². The van der Waals surface area contributed by atoms with E-state index in [2.05, 4.69) is 31.9 Å². The lowest BCUT2D eigenvalue weighted by Gasteiger charge is -2.59. The summed E-state index contributed by atoms with van der Waals surface area (Å²) in [5, 5.41) is 28.8. The standard InChI is InChI=1S/C43H51BrN3O14PS/c1-22-14-27(15-23-4-7-25(8-5-23)46-39(55)30(10-11-36(53)54)47-35(52)20-45-34(51)19-44)63-38(22)40-60-33-17-29-28-9-6-24-16-26(48)12-13-41(24,2)37(28)31(49)18-42(29,3)43(33,61-40)32(50)21-59-62(56,57)58/h4-5,7-8,12-14,16,28-31,33,37,40,49H,6,9-11,15,17-21H2,1-3H3,(H,45,51)(H,46,55)(H,47,52)(H,53,54)(H2,56,57,58)/t28-,29-,30-,31-,33+,37+,40+,41-,42-,43+/m0/s1. The Morgan fingerprint density at radius 1 is 1.11 bits per heavy atom. The molecule has 4 fully saturated rings. The number of carbonyl (C=O) groups is 6. The molecule has 1 aromatic carbocycles. The van der Waals surface area contributed by atoms with Crippen molar-refractivity contribution in [2.75, 3.05) is 23.8 Å². The van der Waals surface area contributed by atoms with E-state index in [1.165, 1.54) is 11.3 Å². The highest BCUT2D eigenvalue weighted by Gasteiger charge is 2.76. The van der Waals surface area contributed by atoms with Gasteiger partial charge in [0.05, 0.1) is 29.0 Å². The van der Waals surface area contributed by atoms with Crippen LogP contribution in [0.1, 0.15) is 79.5 Å². The van der Waals surface area contributed by atoms with E-state index in [-0.39, 0.29) is 54.7 Å². The van der Waals surface area contributed by atoms with Gasteiger partial charge in [0, 0.05) is 40.2 Å². The lowest BCUT2D eigenvalue weighted by Crippen LogP contribution is -2.63. The van der Waals surface area contributed by atoms with Crippen molar-refractivity contribution in [1.29, 1.82) is 0 Å². The number of halogens is 1. The molecular weight excluding hydrogens is 925 g/mol. The Labute approximate surface area is 375 Å². The molecule has 3 saturated carbocycles. The maximum atomic E-state index is 14.5. The fourth-order valence-corrected chi connectivity index (χ4v) is 12.6. The number of allylic oxidation sites excluding steroid dienone is 4. The Bertz CT molecular complexity index is 2300. The van der Waals surface area contributed by atoms with Gasteiger partial charge in [-0.05, 0) is 92.3 Å². The molecule has 0 bridgehead atoms. The number of hydrogen-bond donors (Lipinski definition) is 7. The number of aryl methyl sites for hydroxylation is 1. The zero-order valence-corrected chi connectivity index (χ0v) is 38.1. The summed E-state index contributed by atoms with van der Waals surface area (Å²) >= 11 is 4.40. The smallest absolute Gasteiger partial charge is 0.470 e. The van der Waals surface area contributed by atoms with Crippen LogP contribution in [0, 0.1) is 35.5 Å². The molecule has 1 aliphatic heterocycles. The zero-order chi connectivity index (χ0) is 45.6. The number of anilines is 1. The molecule has 5 aliphatic rings. The van der Waals surface area contributed by atoms with Gasteiger partial charge in [-0.15, -0.1) is 11.3 Å². The molecule has 63 heavy (non-hydrogen) atoms. The monoisotopic (exact) mass is 975 g/mol. The maximum absolute atomic E-state index is 14.5. The third-order valence-electron chi connectivity index (χ3n) is 13.7. The number of phosphoric ester groups is 1. The van der Waals surface area contributed by atoms with Crippen LogP contribution < -0.4 is 16.0 Å². The van der Waals surface area contributed by atoms with Crippen molar-refractivity contribution in [2.24, 2.45) is 28.6 Å². The number of aliphatic hydroxyl groups is 1. The van der Waals surface area contributed by atoms with E-state index >= 15 is 0 Å². The highest BCUT2D eigenvalue weighted by molar-refractivity contribution is 9.09.